The van der Waals surface area contributed by atoms with Crippen LogP contribution in [-0.2, 0) is 14.3 Å². The third-order valence-corrected chi connectivity index (χ3v) is 8.33. The minimum absolute atomic E-state index is 0.0392. The van der Waals surface area contributed by atoms with E-state index in [1.165, 1.54) is 0 Å². The zero-order valence-electron chi connectivity index (χ0n) is 22.7. The van der Waals surface area contributed by atoms with E-state index in [4.69, 9.17) is 19.9 Å². The van der Waals surface area contributed by atoms with Crippen molar-refractivity contribution in [2.75, 3.05) is 59.2 Å². The quantitative estimate of drug-likeness (QED) is 0.263. The van der Waals surface area contributed by atoms with Gasteiger partial charge in [-0.05, 0) is 76.2 Å². The van der Waals surface area contributed by atoms with Gasteiger partial charge >= 0.3 is 5.97 Å². The molecular formula is C28H44N4O5. The second-order valence-corrected chi connectivity index (χ2v) is 10.8. The SMILES string of the molecule is COc1cc(N)c(C)cc1C(=O)NC1CCN(CCCCCC(=O)OC2CN3CCC2CC3)CC1OC. The third kappa shape index (κ3) is 7.15. The maximum atomic E-state index is 13.0. The Balaban J connectivity index is 1.15. The van der Waals surface area contributed by atoms with E-state index < -0.39 is 0 Å². The van der Waals surface area contributed by atoms with Crippen LogP contribution >= 0.6 is 0 Å². The normalized spacial score (nSPS) is 27.6. The summed E-state index contributed by atoms with van der Waals surface area (Å²) < 4.78 is 16.9. The Morgan fingerprint density at radius 1 is 1.03 bits per heavy atom. The lowest BCUT2D eigenvalue weighted by Crippen LogP contribution is -2.54. The van der Waals surface area contributed by atoms with Crippen LogP contribution < -0.4 is 15.8 Å². The fourth-order valence-corrected chi connectivity index (χ4v) is 5.94. The summed E-state index contributed by atoms with van der Waals surface area (Å²) in [4.78, 5) is 30.1. The molecule has 9 heteroatoms. The molecule has 4 aliphatic heterocycles. The van der Waals surface area contributed by atoms with Gasteiger partial charge in [-0.25, -0.2) is 0 Å². The first-order valence-electron chi connectivity index (χ1n) is 13.8. The van der Waals surface area contributed by atoms with Crippen molar-refractivity contribution in [2.45, 2.75) is 70.1 Å². The fourth-order valence-electron chi connectivity index (χ4n) is 5.94. The molecule has 5 rings (SSSR count). The van der Waals surface area contributed by atoms with Gasteiger partial charge in [-0.2, -0.15) is 0 Å². The Kier molecular flexibility index (Phi) is 9.67. The molecule has 9 nitrogen and oxygen atoms in total. The summed E-state index contributed by atoms with van der Waals surface area (Å²) in [5.74, 6) is 0.820. The van der Waals surface area contributed by atoms with Crippen molar-refractivity contribution in [1.29, 1.82) is 0 Å². The number of nitrogens with zero attached hydrogens (tertiary/aromatic N) is 2. The minimum atomic E-state index is -0.175. The molecule has 1 amide bonds. The lowest BCUT2D eigenvalue weighted by atomic mass is 9.86. The van der Waals surface area contributed by atoms with Crippen molar-refractivity contribution in [3.8, 4) is 5.75 Å². The lowest BCUT2D eigenvalue weighted by molar-refractivity contribution is -0.158. The molecule has 0 aliphatic carbocycles. The van der Waals surface area contributed by atoms with Gasteiger partial charge in [-0.15, -0.1) is 0 Å². The largest absolute Gasteiger partial charge is 0.496 e. The average molecular weight is 517 g/mol. The Hall–Kier alpha value is -2.36. The van der Waals surface area contributed by atoms with E-state index in [2.05, 4.69) is 15.1 Å². The summed E-state index contributed by atoms with van der Waals surface area (Å²) in [7, 11) is 3.24. The molecule has 0 aromatic heterocycles. The van der Waals surface area contributed by atoms with Crippen LogP contribution in [0, 0.1) is 12.8 Å². The zero-order chi connectivity index (χ0) is 26.4. The Morgan fingerprint density at radius 3 is 2.49 bits per heavy atom. The van der Waals surface area contributed by atoms with Gasteiger partial charge in [0.2, 0.25) is 0 Å². The van der Waals surface area contributed by atoms with Gasteiger partial charge < -0.3 is 30.2 Å². The van der Waals surface area contributed by atoms with Gasteiger partial charge in [0.1, 0.15) is 11.9 Å². The predicted molar refractivity (Wildman–Crippen MR) is 143 cm³/mol. The van der Waals surface area contributed by atoms with Gasteiger partial charge in [-0.3, -0.25) is 14.5 Å². The van der Waals surface area contributed by atoms with Crippen molar-refractivity contribution in [3.63, 3.8) is 0 Å². The molecule has 0 radical (unpaired) electrons. The van der Waals surface area contributed by atoms with Crippen LogP contribution in [0.1, 0.15) is 60.9 Å². The number of esters is 1. The number of hydrogen-bond acceptors (Lipinski definition) is 8. The number of amides is 1. The highest BCUT2D eigenvalue weighted by molar-refractivity contribution is 5.98. The number of likely N-dealkylation sites (tertiary alicyclic amines) is 1. The first kappa shape index (κ1) is 27.7. The number of fused-ring (bicyclic) bond motifs is 3. The number of aryl methyl sites for hydroxylation is 1. The lowest BCUT2D eigenvalue weighted by Gasteiger charge is -2.43. The number of nitrogen functional groups attached to an aromatic ring is 1. The van der Waals surface area contributed by atoms with Crippen molar-refractivity contribution < 1.29 is 23.8 Å². The van der Waals surface area contributed by atoms with Crippen molar-refractivity contribution in [2.24, 2.45) is 5.92 Å². The number of nitrogens with one attached hydrogen (secondary N) is 1. The highest BCUT2D eigenvalue weighted by Gasteiger charge is 2.36. The van der Waals surface area contributed by atoms with Gasteiger partial charge in [0.25, 0.3) is 5.91 Å². The highest BCUT2D eigenvalue weighted by atomic mass is 16.5. The number of hydrogen-bond donors (Lipinski definition) is 2. The monoisotopic (exact) mass is 516 g/mol. The minimum Gasteiger partial charge on any atom is -0.496 e. The summed E-state index contributed by atoms with van der Waals surface area (Å²) in [5.41, 5.74) is 7.90. The van der Waals surface area contributed by atoms with Gasteiger partial charge in [-0.1, -0.05) is 6.42 Å². The van der Waals surface area contributed by atoms with Crippen LogP contribution in [0.5, 0.6) is 5.75 Å². The third-order valence-electron chi connectivity index (χ3n) is 8.33. The first-order chi connectivity index (χ1) is 17.9. The molecule has 1 aromatic rings. The van der Waals surface area contributed by atoms with Crippen LogP contribution in [0.25, 0.3) is 0 Å². The van der Waals surface area contributed by atoms with Gasteiger partial charge in [0.15, 0.2) is 0 Å². The maximum absolute atomic E-state index is 13.0. The van der Waals surface area contributed by atoms with Crippen LogP contribution in [0.3, 0.4) is 0 Å². The summed E-state index contributed by atoms with van der Waals surface area (Å²) in [6.07, 6.45) is 6.55. The molecule has 3 N–H and O–H groups in total. The number of unbranched alkanes of at least 4 members (excludes halogenated alkanes) is 2. The molecule has 2 bridgehead atoms. The Bertz CT molecular complexity index is 933. The van der Waals surface area contributed by atoms with E-state index in [0.29, 0.717) is 29.3 Å². The zero-order valence-corrected chi connectivity index (χ0v) is 22.7. The number of carbonyl (C=O) groups is 2. The second-order valence-electron chi connectivity index (χ2n) is 10.8. The first-order valence-corrected chi connectivity index (χ1v) is 13.8. The standard InChI is InChI=1S/C28H44N4O5/c1-19-15-21(24(35-2)16-22(19)29)28(34)30-23-10-14-31(18-26(23)36-3)11-6-4-5-7-27(33)37-25-17-32-12-8-20(25)9-13-32/h15-16,20,23,25-26H,4-14,17-18,29H2,1-3H3,(H,30,34). The fraction of sp³-hybridized carbons (Fsp3) is 0.714. The topological polar surface area (TPSA) is 106 Å². The molecule has 1 aromatic carbocycles. The number of carbonyl (C=O) groups excluding carboxylic acids is 2. The molecule has 37 heavy (non-hydrogen) atoms. The van der Waals surface area contributed by atoms with E-state index >= 15 is 0 Å². The van der Waals surface area contributed by atoms with E-state index in [1.54, 1.807) is 26.4 Å². The Labute approximate surface area is 221 Å². The van der Waals surface area contributed by atoms with E-state index in [9.17, 15) is 9.59 Å². The molecule has 206 valence electrons. The predicted octanol–water partition coefficient (Wildman–Crippen LogP) is 2.60. The van der Waals surface area contributed by atoms with Gasteiger partial charge in [0, 0.05) is 44.9 Å². The van der Waals surface area contributed by atoms with E-state index in [0.717, 1.165) is 83.4 Å². The molecule has 0 saturated carbocycles. The summed E-state index contributed by atoms with van der Waals surface area (Å²) in [6.45, 7) is 7.72. The average Bonchev–Trinajstić information content (AvgIpc) is 2.91. The molecular weight excluding hydrogens is 472 g/mol. The Morgan fingerprint density at radius 2 is 1.81 bits per heavy atom. The molecule has 3 atom stereocenters. The summed E-state index contributed by atoms with van der Waals surface area (Å²) >= 11 is 0. The molecule has 4 saturated heterocycles. The molecule has 4 heterocycles. The van der Waals surface area contributed by atoms with Crippen molar-refractivity contribution in [3.05, 3.63) is 23.3 Å². The van der Waals surface area contributed by atoms with Crippen LogP contribution in [0.2, 0.25) is 0 Å². The summed E-state index contributed by atoms with van der Waals surface area (Å²) in [5, 5.41) is 3.14. The number of rotatable bonds is 11. The highest BCUT2D eigenvalue weighted by Crippen LogP contribution is 2.30. The number of benzene rings is 1. The van der Waals surface area contributed by atoms with Crippen molar-refractivity contribution >= 4 is 17.6 Å². The number of anilines is 1. The number of ether oxygens (including phenoxy) is 3. The molecule has 4 fully saturated rings. The van der Waals surface area contributed by atoms with Crippen LogP contribution in [-0.4, -0.2) is 93.4 Å². The summed E-state index contributed by atoms with van der Waals surface area (Å²) in [6, 6.07) is 3.39. The molecule has 0 spiro atoms. The van der Waals surface area contributed by atoms with Crippen LogP contribution in [0.15, 0.2) is 12.1 Å². The number of nitrogens with two attached hydrogens (primary N) is 1. The number of piperidine rings is 4. The molecule has 3 unspecified atom stereocenters. The van der Waals surface area contributed by atoms with E-state index in [1.807, 2.05) is 6.92 Å². The van der Waals surface area contributed by atoms with E-state index in [-0.39, 0.29) is 30.1 Å². The number of methoxy groups -OCH3 is 2. The molecule has 4 aliphatic rings. The maximum Gasteiger partial charge on any atom is 0.306 e. The van der Waals surface area contributed by atoms with Crippen molar-refractivity contribution in [1.82, 2.24) is 15.1 Å². The van der Waals surface area contributed by atoms with Crippen LogP contribution in [0.4, 0.5) is 5.69 Å². The van der Waals surface area contributed by atoms with Gasteiger partial charge in [0.05, 0.1) is 24.8 Å². The second kappa shape index (κ2) is 12.9. The smallest absolute Gasteiger partial charge is 0.306 e.